The van der Waals surface area contributed by atoms with Crippen LogP contribution in [0.25, 0.3) is 10.8 Å². The van der Waals surface area contributed by atoms with Crippen LogP contribution in [0.1, 0.15) is 29.9 Å². The van der Waals surface area contributed by atoms with Gasteiger partial charge >= 0.3 is 0 Å². The van der Waals surface area contributed by atoms with Gasteiger partial charge in [-0.15, -0.1) is 0 Å². The monoisotopic (exact) mass is 252 g/mol. The molecule has 3 aromatic rings. The zero-order valence-corrected chi connectivity index (χ0v) is 10.8. The maximum absolute atomic E-state index is 10.5. The maximum Gasteiger partial charge on any atom is 0.109 e. The van der Waals surface area contributed by atoms with E-state index in [-0.39, 0.29) is 0 Å². The van der Waals surface area contributed by atoms with E-state index in [4.69, 9.17) is 4.42 Å². The van der Waals surface area contributed by atoms with Crippen LogP contribution in [0.3, 0.4) is 0 Å². The van der Waals surface area contributed by atoms with Crippen molar-refractivity contribution in [3.8, 4) is 0 Å². The normalized spacial score (nSPS) is 12.7. The van der Waals surface area contributed by atoms with Crippen LogP contribution in [0.5, 0.6) is 0 Å². The van der Waals surface area contributed by atoms with E-state index in [1.807, 2.05) is 43.3 Å². The first kappa shape index (κ1) is 12.0. The molecule has 1 atom stereocenters. The molecule has 96 valence electrons. The molecule has 2 heteroatoms. The first-order valence-corrected chi connectivity index (χ1v) is 6.52. The van der Waals surface area contributed by atoms with Crippen molar-refractivity contribution in [1.29, 1.82) is 0 Å². The van der Waals surface area contributed by atoms with Gasteiger partial charge in [0.25, 0.3) is 0 Å². The molecule has 2 aromatic carbocycles. The van der Waals surface area contributed by atoms with Gasteiger partial charge in [0.2, 0.25) is 0 Å². The van der Waals surface area contributed by atoms with Crippen molar-refractivity contribution in [1.82, 2.24) is 0 Å². The Morgan fingerprint density at radius 2 is 1.84 bits per heavy atom. The highest BCUT2D eigenvalue weighted by Gasteiger charge is 2.16. The van der Waals surface area contributed by atoms with Crippen molar-refractivity contribution in [3.05, 3.63) is 71.7 Å². The van der Waals surface area contributed by atoms with Gasteiger partial charge < -0.3 is 9.52 Å². The van der Waals surface area contributed by atoms with Gasteiger partial charge in [0, 0.05) is 12.0 Å². The Morgan fingerprint density at radius 3 is 2.63 bits per heavy atom. The van der Waals surface area contributed by atoms with E-state index < -0.39 is 6.10 Å². The number of furan rings is 1. The lowest BCUT2D eigenvalue weighted by atomic mass is 9.98. The molecule has 0 aliphatic rings. The number of benzene rings is 2. The average Bonchev–Trinajstić information content (AvgIpc) is 2.94. The minimum atomic E-state index is -0.627. The van der Waals surface area contributed by atoms with Crippen LogP contribution in [0, 0.1) is 0 Å². The molecule has 0 saturated heterocycles. The van der Waals surface area contributed by atoms with E-state index in [0.717, 1.165) is 28.7 Å². The second kappa shape index (κ2) is 4.90. The van der Waals surface area contributed by atoms with Gasteiger partial charge in [0.1, 0.15) is 11.9 Å². The first-order valence-electron chi connectivity index (χ1n) is 6.52. The molecule has 19 heavy (non-hydrogen) atoms. The standard InChI is InChI=1S/C17H16O2/c1-2-16-15(9-10-19-16)17(18)14-8-7-12-5-3-4-6-13(12)11-14/h3-11,17-18H,2H2,1H3. The number of hydrogen-bond acceptors (Lipinski definition) is 2. The van der Waals surface area contributed by atoms with Crippen molar-refractivity contribution in [2.45, 2.75) is 19.4 Å². The molecule has 0 aliphatic carbocycles. The molecule has 1 aromatic heterocycles. The van der Waals surface area contributed by atoms with Crippen molar-refractivity contribution >= 4 is 10.8 Å². The van der Waals surface area contributed by atoms with Gasteiger partial charge in [-0.05, 0) is 28.5 Å². The summed E-state index contributed by atoms with van der Waals surface area (Å²) in [5.74, 6) is 0.848. The Bertz CT molecular complexity index is 697. The van der Waals surface area contributed by atoms with Crippen LogP contribution in [0.2, 0.25) is 0 Å². The number of fused-ring (bicyclic) bond motifs is 1. The van der Waals surface area contributed by atoms with E-state index in [1.165, 1.54) is 5.39 Å². The Morgan fingerprint density at radius 1 is 1.05 bits per heavy atom. The summed E-state index contributed by atoms with van der Waals surface area (Å²) in [5, 5.41) is 12.8. The first-order chi connectivity index (χ1) is 9.29. The fourth-order valence-corrected chi connectivity index (χ4v) is 2.44. The van der Waals surface area contributed by atoms with Gasteiger partial charge in [-0.3, -0.25) is 0 Å². The molecule has 1 N–H and O–H groups in total. The fraction of sp³-hybridized carbons (Fsp3) is 0.176. The van der Waals surface area contributed by atoms with Crippen LogP contribution in [0.4, 0.5) is 0 Å². The molecule has 2 nitrogen and oxygen atoms in total. The molecule has 0 aliphatic heterocycles. The Kier molecular flexibility index (Phi) is 3.10. The second-order valence-corrected chi connectivity index (χ2v) is 4.66. The number of aliphatic hydroxyl groups excluding tert-OH is 1. The maximum atomic E-state index is 10.5. The van der Waals surface area contributed by atoms with Gasteiger partial charge in [0.05, 0.1) is 6.26 Å². The Balaban J connectivity index is 2.04. The second-order valence-electron chi connectivity index (χ2n) is 4.66. The molecule has 1 unspecified atom stereocenters. The SMILES string of the molecule is CCc1occc1C(O)c1ccc2ccccc2c1. The third kappa shape index (κ3) is 2.15. The molecular weight excluding hydrogens is 236 g/mol. The predicted octanol–water partition coefficient (Wildman–Crippen LogP) is 4.08. The smallest absolute Gasteiger partial charge is 0.109 e. The summed E-state index contributed by atoms with van der Waals surface area (Å²) in [6, 6.07) is 16.0. The molecule has 0 radical (unpaired) electrons. The summed E-state index contributed by atoms with van der Waals surface area (Å²) in [5.41, 5.74) is 1.76. The fourth-order valence-electron chi connectivity index (χ4n) is 2.44. The minimum absolute atomic E-state index is 0.627. The van der Waals surface area contributed by atoms with Crippen molar-refractivity contribution in [2.75, 3.05) is 0 Å². The lowest BCUT2D eigenvalue weighted by Gasteiger charge is -2.11. The Hall–Kier alpha value is -2.06. The van der Waals surface area contributed by atoms with Crippen molar-refractivity contribution < 1.29 is 9.52 Å². The molecule has 0 bridgehead atoms. The van der Waals surface area contributed by atoms with E-state index in [2.05, 4.69) is 12.1 Å². The summed E-state index contributed by atoms with van der Waals surface area (Å²) in [7, 11) is 0. The number of rotatable bonds is 3. The third-order valence-electron chi connectivity index (χ3n) is 3.48. The largest absolute Gasteiger partial charge is 0.469 e. The van der Waals surface area contributed by atoms with Crippen molar-refractivity contribution in [2.24, 2.45) is 0 Å². The van der Waals surface area contributed by atoms with Crippen LogP contribution in [0.15, 0.2) is 59.2 Å². The van der Waals surface area contributed by atoms with Crippen LogP contribution in [-0.2, 0) is 6.42 Å². The quantitative estimate of drug-likeness (QED) is 0.762. The molecule has 0 spiro atoms. The average molecular weight is 252 g/mol. The van der Waals surface area contributed by atoms with Crippen LogP contribution < -0.4 is 0 Å². The van der Waals surface area contributed by atoms with Gasteiger partial charge in [-0.1, -0.05) is 43.3 Å². The Labute approximate surface area is 112 Å². The van der Waals surface area contributed by atoms with Crippen LogP contribution in [-0.4, -0.2) is 5.11 Å². The predicted molar refractivity (Wildman–Crippen MR) is 76.1 cm³/mol. The van der Waals surface area contributed by atoms with E-state index >= 15 is 0 Å². The molecule has 3 rings (SSSR count). The molecule has 0 saturated carbocycles. The van der Waals surface area contributed by atoms with Gasteiger partial charge in [-0.2, -0.15) is 0 Å². The summed E-state index contributed by atoms with van der Waals surface area (Å²) in [6.07, 6.45) is 1.80. The number of aliphatic hydroxyl groups is 1. The van der Waals surface area contributed by atoms with Gasteiger partial charge in [-0.25, -0.2) is 0 Å². The van der Waals surface area contributed by atoms with E-state index in [1.54, 1.807) is 6.26 Å². The molecule has 1 heterocycles. The molecular formula is C17H16O2. The summed E-state index contributed by atoms with van der Waals surface area (Å²) < 4.78 is 5.38. The zero-order chi connectivity index (χ0) is 13.2. The summed E-state index contributed by atoms with van der Waals surface area (Å²) in [4.78, 5) is 0. The van der Waals surface area contributed by atoms with Crippen molar-refractivity contribution in [3.63, 3.8) is 0 Å². The minimum Gasteiger partial charge on any atom is -0.469 e. The lowest BCUT2D eigenvalue weighted by Crippen LogP contribution is -2.01. The highest BCUT2D eigenvalue weighted by Crippen LogP contribution is 2.28. The summed E-state index contributed by atoms with van der Waals surface area (Å²) in [6.45, 7) is 2.02. The lowest BCUT2D eigenvalue weighted by molar-refractivity contribution is 0.217. The highest BCUT2D eigenvalue weighted by molar-refractivity contribution is 5.83. The topological polar surface area (TPSA) is 33.4 Å². The summed E-state index contributed by atoms with van der Waals surface area (Å²) >= 11 is 0. The van der Waals surface area contributed by atoms with E-state index in [0.29, 0.717) is 0 Å². The molecule has 0 amide bonds. The molecule has 0 fully saturated rings. The number of aryl methyl sites for hydroxylation is 1. The van der Waals surface area contributed by atoms with Crippen LogP contribution >= 0.6 is 0 Å². The van der Waals surface area contributed by atoms with E-state index in [9.17, 15) is 5.11 Å². The van der Waals surface area contributed by atoms with Gasteiger partial charge in [0.15, 0.2) is 0 Å². The zero-order valence-electron chi connectivity index (χ0n) is 10.8. The third-order valence-corrected chi connectivity index (χ3v) is 3.48. The number of hydrogen-bond donors (Lipinski definition) is 1. The highest BCUT2D eigenvalue weighted by atomic mass is 16.3.